The summed E-state index contributed by atoms with van der Waals surface area (Å²) in [7, 11) is 0. The van der Waals surface area contributed by atoms with Crippen LogP contribution in [0.4, 0.5) is 5.82 Å². The summed E-state index contributed by atoms with van der Waals surface area (Å²) >= 11 is 0. The third-order valence-electron chi connectivity index (χ3n) is 3.05. The smallest absolute Gasteiger partial charge is 0.129 e. The van der Waals surface area contributed by atoms with E-state index in [-0.39, 0.29) is 0 Å². The molecule has 2 heterocycles. The maximum atomic E-state index is 5.70. The van der Waals surface area contributed by atoms with Gasteiger partial charge in [-0.15, -0.1) is 0 Å². The Balaban J connectivity index is 2.18. The van der Waals surface area contributed by atoms with Crippen LogP contribution in [0.5, 0.6) is 0 Å². The van der Waals surface area contributed by atoms with Crippen LogP contribution in [0.2, 0.25) is 0 Å². The van der Waals surface area contributed by atoms with Crippen LogP contribution in [0.15, 0.2) is 24.9 Å². The largest absolute Gasteiger partial charge is 0.399 e. The second kappa shape index (κ2) is 5.01. The van der Waals surface area contributed by atoms with Gasteiger partial charge in [-0.25, -0.2) is 4.98 Å². The van der Waals surface area contributed by atoms with Gasteiger partial charge in [0.1, 0.15) is 5.82 Å². The summed E-state index contributed by atoms with van der Waals surface area (Å²) in [4.78, 5) is 6.76. The Kier molecular flexibility index (Phi) is 3.44. The summed E-state index contributed by atoms with van der Waals surface area (Å²) < 4.78 is 0. The molecule has 1 aliphatic heterocycles. The SMILES string of the molecule is C=C(N)c1ccnc(N2CCCCCC2)c1. The number of anilines is 1. The lowest BCUT2D eigenvalue weighted by molar-refractivity contribution is 0.726. The molecule has 1 saturated heterocycles. The number of pyridine rings is 1. The molecule has 1 fully saturated rings. The third-order valence-corrected chi connectivity index (χ3v) is 3.05. The van der Waals surface area contributed by atoms with Gasteiger partial charge in [0.25, 0.3) is 0 Å². The number of nitrogens with zero attached hydrogens (tertiary/aromatic N) is 2. The quantitative estimate of drug-likeness (QED) is 0.827. The van der Waals surface area contributed by atoms with Gasteiger partial charge in [0, 0.05) is 30.5 Å². The average Bonchev–Trinajstić information content (AvgIpc) is 2.57. The first-order valence-electron chi connectivity index (χ1n) is 5.93. The van der Waals surface area contributed by atoms with E-state index in [9.17, 15) is 0 Å². The zero-order valence-corrected chi connectivity index (χ0v) is 9.65. The molecular formula is C13H19N3. The highest BCUT2D eigenvalue weighted by Crippen LogP contribution is 2.19. The van der Waals surface area contributed by atoms with Crippen molar-refractivity contribution < 1.29 is 0 Å². The molecule has 2 N–H and O–H groups in total. The second-order valence-electron chi connectivity index (χ2n) is 4.33. The molecule has 0 amide bonds. The van der Waals surface area contributed by atoms with Gasteiger partial charge in [-0.1, -0.05) is 19.4 Å². The molecule has 0 radical (unpaired) electrons. The monoisotopic (exact) mass is 217 g/mol. The molecule has 0 saturated carbocycles. The molecular weight excluding hydrogens is 198 g/mol. The minimum Gasteiger partial charge on any atom is -0.399 e. The molecule has 0 aromatic carbocycles. The minimum absolute atomic E-state index is 0.610. The van der Waals surface area contributed by atoms with Gasteiger partial charge in [0.05, 0.1) is 0 Å². The molecule has 0 atom stereocenters. The van der Waals surface area contributed by atoms with Gasteiger partial charge < -0.3 is 10.6 Å². The van der Waals surface area contributed by atoms with Gasteiger partial charge in [-0.2, -0.15) is 0 Å². The van der Waals surface area contributed by atoms with Crippen molar-refractivity contribution in [3.05, 3.63) is 30.5 Å². The maximum absolute atomic E-state index is 5.70. The average molecular weight is 217 g/mol. The van der Waals surface area contributed by atoms with Crippen LogP contribution in [0.3, 0.4) is 0 Å². The van der Waals surface area contributed by atoms with E-state index in [1.54, 1.807) is 0 Å². The summed E-state index contributed by atoms with van der Waals surface area (Å²) in [5.41, 5.74) is 7.29. The van der Waals surface area contributed by atoms with E-state index >= 15 is 0 Å². The summed E-state index contributed by atoms with van der Waals surface area (Å²) in [5, 5.41) is 0. The molecule has 0 aliphatic carbocycles. The van der Waals surface area contributed by atoms with Crippen molar-refractivity contribution >= 4 is 11.5 Å². The highest BCUT2D eigenvalue weighted by atomic mass is 15.2. The molecule has 1 aromatic heterocycles. The minimum atomic E-state index is 0.610. The molecule has 1 aromatic rings. The summed E-state index contributed by atoms with van der Waals surface area (Å²) in [6.45, 7) is 5.97. The zero-order valence-electron chi connectivity index (χ0n) is 9.65. The predicted octanol–water partition coefficient (Wildman–Crippen LogP) is 2.39. The fourth-order valence-electron chi connectivity index (χ4n) is 2.09. The lowest BCUT2D eigenvalue weighted by Crippen LogP contribution is -2.24. The van der Waals surface area contributed by atoms with E-state index in [1.807, 2.05) is 18.3 Å². The number of hydrogen-bond acceptors (Lipinski definition) is 3. The van der Waals surface area contributed by atoms with Crippen LogP contribution in [0, 0.1) is 0 Å². The summed E-state index contributed by atoms with van der Waals surface area (Å²) in [5.74, 6) is 1.03. The lowest BCUT2D eigenvalue weighted by atomic mass is 10.2. The molecule has 0 spiro atoms. The van der Waals surface area contributed by atoms with Crippen LogP contribution in [0.25, 0.3) is 5.70 Å². The first-order chi connectivity index (χ1) is 7.77. The van der Waals surface area contributed by atoms with Crippen molar-refractivity contribution in [2.24, 2.45) is 5.73 Å². The molecule has 3 heteroatoms. The highest BCUT2D eigenvalue weighted by molar-refractivity contribution is 5.63. The van der Waals surface area contributed by atoms with Crippen molar-refractivity contribution in [3.8, 4) is 0 Å². The van der Waals surface area contributed by atoms with E-state index < -0.39 is 0 Å². The van der Waals surface area contributed by atoms with E-state index in [0.29, 0.717) is 5.70 Å². The van der Waals surface area contributed by atoms with Gasteiger partial charge in [-0.3, -0.25) is 0 Å². The van der Waals surface area contributed by atoms with Crippen molar-refractivity contribution in [1.82, 2.24) is 4.98 Å². The number of aromatic nitrogens is 1. The summed E-state index contributed by atoms with van der Waals surface area (Å²) in [6.07, 6.45) is 7.00. The van der Waals surface area contributed by atoms with Crippen LogP contribution in [-0.4, -0.2) is 18.1 Å². The Bertz CT molecular complexity index is 365. The van der Waals surface area contributed by atoms with Gasteiger partial charge in [0.15, 0.2) is 0 Å². The van der Waals surface area contributed by atoms with Crippen LogP contribution >= 0.6 is 0 Å². The predicted molar refractivity (Wildman–Crippen MR) is 68.1 cm³/mol. The lowest BCUT2D eigenvalue weighted by Gasteiger charge is -2.21. The standard InChI is InChI=1S/C13H19N3/c1-11(14)12-6-7-15-13(10-12)16-8-4-2-3-5-9-16/h6-7,10H,1-5,8-9,14H2. The molecule has 16 heavy (non-hydrogen) atoms. The van der Waals surface area contributed by atoms with Crippen molar-refractivity contribution in [1.29, 1.82) is 0 Å². The fourth-order valence-corrected chi connectivity index (χ4v) is 2.09. The molecule has 2 rings (SSSR count). The number of rotatable bonds is 2. The van der Waals surface area contributed by atoms with Crippen molar-refractivity contribution in [2.75, 3.05) is 18.0 Å². The Morgan fingerprint density at radius 1 is 1.25 bits per heavy atom. The Hall–Kier alpha value is -1.51. The van der Waals surface area contributed by atoms with Crippen molar-refractivity contribution in [3.63, 3.8) is 0 Å². The van der Waals surface area contributed by atoms with Gasteiger partial charge >= 0.3 is 0 Å². The van der Waals surface area contributed by atoms with E-state index in [1.165, 1.54) is 25.7 Å². The molecule has 3 nitrogen and oxygen atoms in total. The van der Waals surface area contributed by atoms with Crippen LogP contribution < -0.4 is 10.6 Å². The highest BCUT2D eigenvalue weighted by Gasteiger charge is 2.11. The zero-order chi connectivity index (χ0) is 11.4. The van der Waals surface area contributed by atoms with Gasteiger partial charge in [0.2, 0.25) is 0 Å². The van der Waals surface area contributed by atoms with E-state index in [0.717, 1.165) is 24.5 Å². The van der Waals surface area contributed by atoms with E-state index in [4.69, 9.17) is 5.73 Å². The van der Waals surface area contributed by atoms with Crippen LogP contribution in [0.1, 0.15) is 31.2 Å². The summed E-state index contributed by atoms with van der Waals surface area (Å²) in [6, 6.07) is 3.94. The normalized spacial score (nSPS) is 16.9. The Labute approximate surface area is 97.0 Å². The Morgan fingerprint density at radius 3 is 2.56 bits per heavy atom. The first-order valence-corrected chi connectivity index (χ1v) is 5.93. The number of nitrogens with two attached hydrogens (primary N) is 1. The topological polar surface area (TPSA) is 42.1 Å². The maximum Gasteiger partial charge on any atom is 0.129 e. The molecule has 1 aliphatic rings. The first kappa shape index (κ1) is 11.0. The van der Waals surface area contributed by atoms with Crippen LogP contribution in [-0.2, 0) is 0 Å². The van der Waals surface area contributed by atoms with Gasteiger partial charge in [-0.05, 0) is 25.0 Å². The Morgan fingerprint density at radius 2 is 1.94 bits per heavy atom. The molecule has 0 unspecified atom stereocenters. The molecule has 0 bridgehead atoms. The molecule has 86 valence electrons. The number of hydrogen-bond donors (Lipinski definition) is 1. The van der Waals surface area contributed by atoms with E-state index in [2.05, 4.69) is 16.5 Å². The fraction of sp³-hybridized carbons (Fsp3) is 0.462. The second-order valence-corrected chi connectivity index (χ2v) is 4.33. The van der Waals surface area contributed by atoms with Crippen molar-refractivity contribution in [2.45, 2.75) is 25.7 Å². The third kappa shape index (κ3) is 2.54.